The molecule has 0 spiro atoms. The molecule has 3 atom stereocenters. The Morgan fingerprint density at radius 3 is 2.62 bits per heavy atom. The zero-order valence-corrected chi connectivity index (χ0v) is 11.2. The predicted octanol–water partition coefficient (Wildman–Crippen LogP) is 1.32. The molecular weight excluding hydrogens is 200 g/mol. The highest BCUT2D eigenvalue weighted by Gasteiger charge is 2.24. The minimum atomic E-state index is -0.0830. The molecule has 0 saturated carbocycles. The SMILES string of the molecule is CC(CNC(C)C)CN1CCC(O)C(C)C1. The Kier molecular flexibility index (Phi) is 5.73. The van der Waals surface area contributed by atoms with Gasteiger partial charge in [0.1, 0.15) is 0 Å². The van der Waals surface area contributed by atoms with Gasteiger partial charge in [0.25, 0.3) is 0 Å². The highest BCUT2D eigenvalue weighted by atomic mass is 16.3. The molecule has 1 rings (SSSR count). The lowest BCUT2D eigenvalue weighted by Gasteiger charge is -2.35. The van der Waals surface area contributed by atoms with Gasteiger partial charge in [-0.25, -0.2) is 0 Å². The fraction of sp³-hybridized carbons (Fsp3) is 1.00. The molecule has 0 aromatic rings. The number of likely N-dealkylation sites (tertiary alicyclic amines) is 1. The Bertz CT molecular complexity index is 196. The average Bonchev–Trinajstić information content (AvgIpc) is 2.21. The largest absolute Gasteiger partial charge is 0.393 e. The summed E-state index contributed by atoms with van der Waals surface area (Å²) in [6, 6.07) is 0.574. The average molecular weight is 228 g/mol. The number of hydrogen-bond acceptors (Lipinski definition) is 3. The second kappa shape index (κ2) is 6.58. The molecule has 0 aromatic carbocycles. The molecule has 1 aliphatic heterocycles. The monoisotopic (exact) mass is 228 g/mol. The van der Waals surface area contributed by atoms with Crippen molar-refractivity contribution < 1.29 is 5.11 Å². The number of hydrogen-bond donors (Lipinski definition) is 2. The highest BCUT2D eigenvalue weighted by Crippen LogP contribution is 2.17. The maximum Gasteiger partial charge on any atom is 0.0590 e. The number of aliphatic hydroxyl groups is 1. The van der Waals surface area contributed by atoms with Crippen LogP contribution < -0.4 is 5.32 Å². The van der Waals surface area contributed by atoms with E-state index in [1.54, 1.807) is 0 Å². The van der Waals surface area contributed by atoms with Crippen molar-refractivity contribution in [2.45, 2.75) is 46.3 Å². The molecule has 1 heterocycles. The van der Waals surface area contributed by atoms with Crippen LogP contribution in [0.25, 0.3) is 0 Å². The Morgan fingerprint density at radius 1 is 1.38 bits per heavy atom. The van der Waals surface area contributed by atoms with Gasteiger partial charge in [-0.2, -0.15) is 0 Å². The first kappa shape index (κ1) is 13.9. The van der Waals surface area contributed by atoms with Gasteiger partial charge >= 0.3 is 0 Å². The zero-order chi connectivity index (χ0) is 12.1. The minimum absolute atomic E-state index is 0.0830. The summed E-state index contributed by atoms with van der Waals surface area (Å²) in [7, 11) is 0. The molecule has 1 aliphatic rings. The quantitative estimate of drug-likeness (QED) is 0.745. The van der Waals surface area contributed by atoms with Crippen LogP contribution in [0.2, 0.25) is 0 Å². The lowest BCUT2D eigenvalue weighted by atomic mass is 9.96. The molecule has 2 N–H and O–H groups in total. The van der Waals surface area contributed by atoms with Gasteiger partial charge in [-0.1, -0.05) is 27.7 Å². The summed E-state index contributed by atoms with van der Waals surface area (Å²) in [4.78, 5) is 2.49. The van der Waals surface area contributed by atoms with E-state index < -0.39 is 0 Å². The summed E-state index contributed by atoms with van der Waals surface area (Å²) in [6.45, 7) is 13.2. The fourth-order valence-corrected chi connectivity index (χ4v) is 2.33. The van der Waals surface area contributed by atoms with Crippen molar-refractivity contribution in [1.82, 2.24) is 10.2 Å². The molecule has 3 heteroatoms. The molecule has 0 bridgehead atoms. The van der Waals surface area contributed by atoms with E-state index in [1.165, 1.54) is 0 Å². The van der Waals surface area contributed by atoms with E-state index in [9.17, 15) is 5.11 Å². The van der Waals surface area contributed by atoms with Crippen LogP contribution in [0.5, 0.6) is 0 Å². The van der Waals surface area contributed by atoms with Crippen molar-refractivity contribution in [1.29, 1.82) is 0 Å². The van der Waals surface area contributed by atoms with E-state index >= 15 is 0 Å². The third kappa shape index (κ3) is 4.81. The van der Waals surface area contributed by atoms with Crippen molar-refractivity contribution in [2.75, 3.05) is 26.2 Å². The second-order valence-electron chi connectivity index (χ2n) is 5.76. The van der Waals surface area contributed by atoms with Crippen molar-refractivity contribution in [3.8, 4) is 0 Å². The molecule has 0 aliphatic carbocycles. The first-order valence-electron chi connectivity index (χ1n) is 6.62. The van der Waals surface area contributed by atoms with Crippen LogP contribution >= 0.6 is 0 Å². The van der Waals surface area contributed by atoms with Gasteiger partial charge in [0.15, 0.2) is 0 Å². The molecule has 1 fully saturated rings. The zero-order valence-electron chi connectivity index (χ0n) is 11.2. The molecule has 3 nitrogen and oxygen atoms in total. The summed E-state index contributed by atoms with van der Waals surface area (Å²) >= 11 is 0. The summed E-state index contributed by atoms with van der Waals surface area (Å²) < 4.78 is 0. The second-order valence-corrected chi connectivity index (χ2v) is 5.76. The maximum absolute atomic E-state index is 9.67. The van der Waals surface area contributed by atoms with Gasteiger partial charge in [-0.05, 0) is 24.8 Å². The molecular formula is C13H28N2O. The van der Waals surface area contributed by atoms with Crippen LogP contribution in [0.1, 0.15) is 34.1 Å². The lowest BCUT2D eigenvalue weighted by Crippen LogP contribution is -2.45. The van der Waals surface area contributed by atoms with Crippen LogP contribution in [-0.4, -0.2) is 48.3 Å². The van der Waals surface area contributed by atoms with Gasteiger partial charge in [0, 0.05) is 25.7 Å². The first-order chi connectivity index (χ1) is 7.49. The summed E-state index contributed by atoms with van der Waals surface area (Å²) in [5, 5.41) is 13.1. The van der Waals surface area contributed by atoms with Crippen molar-refractivity contribution in [3.05, 3.63) is 0 Å². The number of rotatable bonds is 5. The van der Waals surface area contributed by atoms with Gasteiger partial charge in [-0.15, -0.1) is 0 Å². The molecule has 96 valence electrons. The smallest absolute Gasteiger partial charge is 0.0590 e. The standard InChI is InChI=1S/C13H28N2O/c1-10(2)14-7-11(3)8-15-6-5-13(16)12(4)9-15/h10-14,16H,5-9H2,1-4H3. The minimum Gasteiger partial charge on any atom is -0.393 e. The summed E-state index contributed by atoms with van der Waals surface area (Å²) in [5.74, 6) is 1.11. The Hall–Kier alpha value is -0.120. The third-order valence-corrected chi connectivity index (χ3v) is 3.39. The Labute approximate surface area is 100 Å². The number of nitrogens with one attached hydrogen (secondary N) is 1. The van der Waals surface area contributed by atoms with Gasteiger partial charge in [0.2, 0.25) is 0 Å². The van der Waals surface area contributed by atoms with Gasteiger partial charge < -0.3 is 15.3 Å². The van der Waals surface area contributed by atoms with E-state index in [2.05, 4.69) is 37.9 Å². The number of nitrogens with zero attached hydrogens (tertiary/aromatic N) is 1. The van der Waals surface area contributed by atoms with Crippen LogP contribution in [0, 0.1) is 11.8 Å². The molecule has 0 aromatic heterocycles. The predicted molar refractivity (Wildman–Crippen MR) is 68.5 cm³/mol. The van der Waals surface area contributed by atoms with Crippen LogP contribution in [0.4, 0.5) is 0 Å². The molecule has 1 saturated heterocycles. The summed E-state index contributed by atoms with van der Waals surface area (Å²) in [5.41, 5.74) is 0. The molecule has 0 amide bonds. The fourth-order valence-electron chi connectivity index (χ4n) is 2.33. The number of aliphatic hydroxyl groups excluding tert-OH is 1. The van der Waals surface area contributed by atoms with Gasteiger partial charge in [0.05, 0.1) is 6.10 Å². The van der Waals surface area contributed by atoms with Crippen LogP contribution in [0.3, 0.4) is 0 Å². The topological polar surface area (TPSA) is 35.5 Å². The van der Waals surface area contributed by atoms with E-state index in [0.717, 1.165) is 32.6 Å². The molecule has 0 radical (unpaired) electrons. The van der Waals surface area contributed by atoms with Gasteiger partial charge in [-0.3, -0.25) is 0 Å². The first-order valence-corrected chi connectivity index (χ1v) is 6.62. The van der Waals surface area contributed by atoms with E-state index in [0.29, 0.717) is 17.9 Å². The molecule has 16 heavy (non-hydrogen) atoms. The van der Waals surface area contributed by atoms with Crippen molar-refractivity contribution in [3.63, 3.8) is 0 Å². The Morgan fingerprint density at radius 2 is 2.06 bits per heavy atom. The number of piperidine rings is 1. The lowest BCUT2D eigenvalue weighted by molar-refractivity contribution is 0.0300. The maximum atomic E-state index is 9.67. The van der Waals surface area contributed by atoms with Crippen LogP contribution in [0.15, 0.2) is 0 Å². The molecule has 3 unspecified atom stereocenters. The van der Waals surface area contributed by atoms with E-state index in [1.807, 2.05) is 0 Å². The third-order valence-electron chi connectivity index (χ3n) is 3.39. The Balaban J connectivity index is 2.21. The van der Waals surface area contributed by atoms with Crippen molar-refractivity contribution in [2.24, 2.45) is 11.8 Å². The van der Waals surface area contributed by atoms with Crippen LogP contribution in [-0.2, 0) is 0 Å². The normalized spacial score (nSPS) is 29.6. The van der Waals surface area contributed by atoms with E-state index in [4.69, 9.17) is 0 Å². The van der Waals surface area contributed by atoms with Crippen molar-refractivity contribution >= 4 is 0 Å². The summed E-state index contributed by atoms with van der Waals surface area (Å²) in [6.07, 6.45) is 0.853. The van der Waals surface area contributed by atoms with E-state index in [-0.39, 0.29) is 6.10 Å². The highest BCUT2D eigenvalue weighted by molar-refractivity contribution is 4.78.